The van der Waals surface area contributed by atoms with Crippen LogP contribution in [0.25, 0.3) is 0 Å². The summed E-state index contributed by atoms with van der Waals surface area (Å²) in [5.74, 6) is -6.79. The van der Waals surface area contributed by atoms with Gasteiger partial charge in [-0.15, -0.1) is 0 Å². The molecule has 0 aliphatic rings. The van der Waals surface area contributed by atoms with Gasteiger partial charge in [-0.3, -0.25) is 9.69 Å². The molecule has 1 amide bonds. The van der Waals surface area contributed by atoms with Crippen LogP contribution in [0.15, 0.2) is 83.9 Å². The van der Waals surface area contributed by atoms with E-state index in [-0.39, 0.29) is 22.8 Å². The summed E-state index contributed by atoms with van der Waals surface area (Å²) in [5, 5.41) is 0. The molecular weight excluding hydrogens is 458 g/mol. The Labute approximate surface area is 192 Å². The number of carbonyl (C=O) groups is 1. The Kier molecular flexibility index (Phi) is 7.14. The number of alkyl halides is 6. The van der Waals surface area contributed by atoms with E-state index >= 15 is 0 Å². The molecule has 0 saturated carbocycles. The number of halogens is 6. The Morgan fingerprint density at radius 1 is 0.735 bits per heavy atom. The highest BCUT2D eigenvalue weighted by Gasteiger charge is 2.62. The van der Waals surface area contributed by atoms with Crippen molar-refractivity contribution in [2.75, 3.05) is 4.90 Å². The summed E-state index contributed by atoms with van der Waals surface area (Å²) >= 11 is 0. The summed E-state index contributed by atoms with van der Waals surface area (Å²) in [5.41, 5.74) is 1.82. The number of rotatable bonds is 4. The fraction of sp³-hybridized carbons (Fsp3) is 0.200. The Morgan fingerprint density at radius 2 is 1.21 bits per heavy atom. The lowest BCUT2D eigenvalue weighted by molar-refractivity contribution is -0.273. The first-order valence-electron chi connectivity index (χ1n) is 10.1. The summed E-state index contributed by atoms with van der Waals surface area (Å²) in [6.07, 6.45) is -11.7. The lowest BCUT2D eigenvalue weighted by atomic mass is 10.0. The number of aliphatic imine (C=N–C) groups is 1. The third-order valence-corrected chi connectivity index (χ3v) is 4.93. The van der Waals surface area contributed by atoms with Crippen LogP contribution in [0.2, 0.25) is 0 Å². The van der Waals surface area contributed by atoms with Crippen LogP contribution in [-0.4, -0.2) is 24.1 Å². The van der Waals surface area contributed by atoms with Crippen LogP contribution in [0.1, 0.15) is 16.7 Å². The largest absolute Gasteiger partial charge is 0.409 e. The zero-order valence-corrected chi connectivity index (χ0v) is 18.2. The number of carbonyl (C=O) groups excluding carboxylic acids is 1. The van der Waals surface area contributed by atoms with Crippen LogP contribution >= 0.6 is 0 Å². The van der Waals surface area contributed by atoms with Gasteiger partial charge in [0.2, 0.25) is 5.92 Å². The topological polar surface area (TPSA) is 32.7 Å². The molecular formula is C25H20F6N2O. The number of hydrogen-bond acceptors (Lipinski definition) is 2. The van der Waals surface area contributed by atoms with Gasteiger partial charge in [0.25, 0.3) is 5.91 Å². The van der Waals surface area contributed by atoms with Crippen molar-refractivity contribution in [1.29, 1.82) is 0 Å². The molecule has 0 saturated heterocycles. The second kappa shape index (κ2) is 9.70. The number of aryl methyl sites for hydroxylation is 2. The molecule has 0 N–H and O–H groups in total. The normalized spacial score (nSPS) is 12.7. The summed E-state index contributed by atoms with van der Waals surface area (Å²) in [6, 6.07) is 19.7. The van der Waals surface area contributed by atoms with Crippen molar-refractivity contribution in [3.8, 4) is 0 Å². The van der Waals surface area contributed by atoms with Crippen molar-refractivity contribution >= 4 is 23.1 Å². The molecule has 3 rings (SSSR count). The van der Waals surface area contributed by atoms with Gasteiger partial charge in [0.15, 0.2) is 0 Å². The first-order valence-corrected chi connectivity index (χ1v) is 10.1. The van der Waals surface area contributed by atoms with Gasteiger partial charge in [-0.1, -0.05) is 65.7 Å². The van der Waals surface area contributed by atoms with E-state index < -0.39 is 24.2 Å². The molecule has 3 nitrogen and oxygen atoms in total. The van der Waals surface area contributed by atoms with Crippen molar-refractivity contribution in [2.24, 2.45) is 10.9 Å². The van der Waals surface area contributed by atoms with Crippen LogP contribution in [0.3, 0.4) is 0 Å². The molecule has 3 aromatic rings. The van der Waals surface area contributed by atoms with E-state index in [0.717, 1.165) is 5.56 Å². The number of nitrogens with zero attached hydrogens (tertiary/aromatic N) is 2. The van der Waals surface area contributed by atoms with Gasteiger partial charge < -0.3 is 0 Å². The maximum Gasteiger partial charge on any atom is 0.409 e. The third kappa shape index (κ3) is 5.84. The minimum absolute atomic E-state index is 0.167. The standard InChI is InChI=1S/C25H20F6N2O/c1-16-8-12-19(13-9-16)32-22(18-6-4-3-5-7-18)33(20-14-10-17(2)11-15-20)23(34)21(24(26,27)28)25(29,30)31/h3-15,21H,1-2H3. The van der Waals surface area contributed by atoms with Gasteiger partial charge in [0.1, 0.15) is 5.84 Å². The van der Waals surface area contributed by atoms with E-state index in [1.807, 2.05) is 6.92 Å². The maximum absolute atomic E-state index is 13.5. The van der Waals surface area contributed by atoms with Gasteiger partial charge in [-0.2, -0.15) is 26.3 Å². The Morgan fingerprint density at radius 3 is 1.68 bits per heavy atom. The Bertz CT molecular complexity index is 1140. The van der Waals surface area contributed by atoms with Crippen molar-refractivity contribution in [2.45, 2.75) is 26.2 Å². The smallest absolute Gasteiger partial charge is 0.273 e. The first-order chi connectivity index (χ1) is 15.9. The van der Waals surface area contributed by atoms with E-state index in [9.17, 15) is 31.1 Å². The first kappa shape index (κ1) is 25.0. The Balaban J connectivity index is 2.29. The van der Waals surface area contributed by atoms with E-state index in [1.165, 1.54) is 36.4 Å². The lowest BCUT2D eigenvalue weighted by Gasteiger charge is -2.30. The number of hydrogen-bond donors (Lipinski definition) is 0. The molecule has 3 aromatic carbocycles. The van der Waals surface area contributed by atoms with Crippen LogP contribution in [0, 0.1) is 19.8 Å². The second-order valence-corrected chi connectivity index (χ2v) is 7.66. The number of amidine groups is 1. The molecule has 0 fully saturated rings. The quantitative estimate of drug-likeness (QED) is 0.223. The average molecular weight is 478 g/mol. The second-order valence-electron chi connectivity index (χ2n) is 7.66. The minimum atomic E-state index is -5.86. The van der Waals surface area contributed by atoms with Crippen molar-refractivity contribution < 1.29 is 31.1 Å². The number of anilines is 1. The number of benzene rings is 3. The van der Waals surface area contributed by atoms with Crippen molar-refractivity contribution in [3.05, 3.63) is 95.6 Å². The van der Waals surface area contributed by atoms with Crippen molar-refractivity contribution in [1.82, 2.24) is 0 Å². The van der Waals surface area contributed by atoms with E-state index in [4.69, 9.17) is 0 Å². The van der Waals surface area contributed by atoms with Gasteiger partial charge in [-0.25, -0.2) is 4.99 Å². The molecule has 0 spiro atoms. The van der Waals surface area contributed by atoms with Crippen molar-refractivity contribution in [3.63, 3.8) is 0 Å². The highest BCUT2D eigenvalue weighted by molar-refractivity contribution is 6.24. The van der Waals surface area contributed by atoms with Gasteiger partial charge in [0.05, 0.1) is 11.4 Å². The fourth-order valence-electron chi connectivity index (χ4n) is 3.21. The van der Waals surface area contributed by atoms with Gasteiger partial charge >= 0.3 is 12.4 Å². The summed E-state index contributed by atoms with van der Waals surface area (Å²) in [7, 11) is 0. The predicted molar refractivity (Wildman–Crippen MR) is 118 cm³/mol. The molecule has 0 unspecified atom stereocenters. The van der Waals surface area contributed by atoms with E-state index in [2.05, 4.69) is 4.99 Å². The molecule has 0 aliphatic carbocycles. The molecule has 0 atom stereocenters. The summed E-state index contributed by atoms with van der Waals surface area (Å²) in [4.78, 5) is 17.8. The molecule has 0 aromatic heterocycles. The van der Waals surface area contributed by atoms with Crippen LogP contribution in [0.5, 0.6) is 0 Å². The Hall–Kier alpha value is -3.62. The highest BCUT2D eigenvalue weighted by atomic mass is 19.4. The fourth-order valence-corrected chi connectivity index (χ4v) is 3.21. The SMILES string of the molecule is Cc1ccc(N=C(c2ccccc2)N(C(=O)C(C(F)(F)F)C(F)(F)F)c2ccc(C)cc2)cc1. The zero-order chi connectivity index (χ0) is 25.1. The molecule has 0 heterocycles. The highest BCUT2D eigenvalue weighted by Crippen LogP contribution is 2.41. The van der Waals surface area contributed by atoms with Gasteiger partial charge in [0, 0.05) is 5.56 Å². The monoisotopic (exact) mass is 478 g/mol. The van der Waals surface area contributed by atoms with E-state index in [0.29, 0.717) is 10.5 Å². The average Bonchev–Trinajstić information content (AvgIpc) is 2.74. The number of amides is 1. The molecule has 0 aliphatic heterocycles. The summed E-state index contributed by atoms with van der Waals surface area (Å²) < 4.78 is 81.2. The molecule has 0 radical (unpaired) electrons. The zero-order valence-electron chi connectivity index (χ0n) is 18.2. The van der Waals surface area contributed by atoms with Gasteiger partial charge in [-0.05, 0) is 38.1 Å². The summed E-state index contributed by atoms with van der Waals surface area (Å²) in [6.45, 7) is 3.51. The molecule has 9 heteroatoms. The predicted octanol–water partition coefficient (Wildman–Crippen LogP) is 7.16. The third-order valence-electron chi connectivity index (χ3n) is 4.93. The lowest BCUT2D eigenvalue weighted by Crippen LogP contribution is -2.52. The van der Waals surface area contributed by atoms with Crippen LogP contribution in [-0.2, 0) is 4.79 Å². The maximum atomic E-state index is 13.5. The molecule has 34 heavy (non-hydrogen) atoms. The van der Waals surface area contributed by atoms with Crippen LogP contribution < -0.4 is 4.90 Å². The van der Waals surface area contributed by atoms with Crippen LogP contribution in [0.4, 0.5) is 37.7 Å². The molecule has 0 bridgehead atoms. The van der Waals surface area contributed by atoms with E-state index in [1.54, 1.807) is 49.4 Å². The minimum Gasteiger partial charge on any atom is -0.273 e. The molecule has 178 valence electrons.